The maximum Gasteiger partial charge on any atom is 0.0433 e. The minimum absolute atomic E-state index is 0.322. The zero-order chi connectivity index (χ0) is 9.40. The average molecular weight is 235 g/mol. The summed E-state index contributed by atoms with van der Waals surface area (Å²) in [6, 6.07) is 0. The number of rotatable bonds is 6. The lowest BCUT2D eigenvalue weighted by molar-refractivity contribution is 0.259. The van der Waals surface area contributed by atoms with Crippen molar-refractivity contribution in [1.29, 1.82) is 0 Å². The Balaban J connectivity index is 3.41. The van der Waals surface area contributed by atoms with Gasteiger partial charge in [-0.2, -0.15) is 0 Å². The van der Waals surface area contributed by atoms with Gasteiger partial charge in [-0.15, -0.1) is 0 Å². The van der Waals surface area contributed by atoms with Crippen LogP contribution in [0.15, 0.2) is 11.6 Å². The summed E-state index contributed by atoms with van der Waals surface area (Å²) in [6.07, 6.45) is 5.52. The van der Waals surface area contributed by atoms with Crippen molar-refractivity contribution in [2.75, 3.05) is 11.9 Å². The second kappa shape index (κ2) is 7.81. The quantitative estimate of drug-likeness (QED) is 0.554. The van der Waals surface area contributed by atoms with Gasteiger partial charge >= 0.3 is 0 Å². The minimum Gasteiger partial charge on any atom is -0.396 e. The molecule has 12 heavy (non-hydrogen) atoms. The van der Waals surface area contributed by atoms with Gasteiger partial charge < -0.3 is 5.11 Å². The van der Waals surface area contributed by atoms with Crippen LogP contribution in [0.25, 0.3) is 0 Å². The van der Waals surface area contributed by atoms with Crippen LogP contribution in [-0.2, 0) is 0 Å². The molecule has 1 unspecified atom stereocenters. The molecule has 0 aliphatic heterocycles. The summed E-state index contributed by atoms with van der Waals surface area (Å²) in [5.41, 5.74) is 1.39. The highest BCUT2D eigenvalue weighted by Crippen LogP contribution is 2.11. The Morgan fingerprint density at radius 3 is 2.67 bits per heavy atom. The van der Waals surface area contributed by atoms with Crippen molar-refractivity contribution in [3.8, 4) is 0 Å². The number of hydrogen-bond donors (Lipinski definition) is 1. The molecule has 0 saturated heterocycles. The summed E-state index contributed by atoms with van der Waals surface area (Å²) < 4.78 is 0. The fourth-order valence-electron chi connectivity index (χ4n) is 1.03. The second-order valence-electron chi connectivity index (χ2n) is 3.38. The molecule has 0 spiro atoms. The van der Waals surface area contributed by atoms with Crippen LogP contribution in [0.4, 0.5) is 0 Å². The summed E-state index contributed by atoms with van der Waals surface area (Å²) in [6.45, 7) is 4.64. The fourth-order valence-corrected chi connectivity index (χ4v) is 1.26. The van der Waals surface area contributed by atoms with Crippen LogP contribution in [0.2, 0.25) is 0 Å². The van der Waals surface area contributed by atoms with E-state index in [9.17, 15) is 0 Å². The highest BCUT2D eigenvalue weighted by molar-refractivity contribution is 9.09. The molecule has 0 amide bonds. The fraction of sp³-hybridized carbons (Fsp3) is 0.800. The van der Waals surface area contributed by atoms with Crippen molar-refractivity contribution in [3.63, 3.8) is 0 Å². The van der Waals surface area contributed by atoms with E-state index in [0.29, 0.717) is 12.5 Å². The molecule has 0 bridgehead atoms. The van der Waals surface area contributed by atoms with Crippen molar-refractivity contribution < 1.29 is 5.11 Å². The molecule has 1 N–H and O–H groups in total. The number of aliphatic hydroxyl groups excluding tert-OH is 1. The van der Waals surface area contributed by atoms with Crippen molar-refractivity contribution >= 4 is 15.9 Å². The lowest BCUT2D eigenvalue weighted by atomic mass is 10.0. The van der Waals surface area contributed by atoms with E-state index in [0.717, 1.165) is 18.2 Å². The topological polar surface area (TPSA) is 20.2 Å². The Hall–Kier alpha value is 0.180. The maximum atomic E-state index is 8.67. The van der Waals surface area contributed by atoms with Gasteiger partial charge in [0.2, 0.25) is 0 Å². The summed E-state index contributed by atoms with van der Waals surface area (Å²) in [5.74, 6) is 0.648. The van der Waals surface area contributed by atoms with Crippen molar-refractivity contribution in [1.82, 2.24) is 0 Å². The molecule has 1 atom stereocenters. The smallest absolute Gasteiger partial charge is 0.0433 e. The Morgan fingerprint density at radius 1 is 1.50 bits per heavy atom. The summed E-state index contributed by atoms with van der Waals surface area (Å²) in [7, 11) is 0. The molecule has 0 fully saturated rings. The molecule has 1 nitrogen and oxygen atoms in total. The van der Waals surface area contributed by atoms with E-state index in [1.807, 2.05) is 0 Å². The lowest BCUT2D eigenvalue weighted by Gasteiger charge is -2.06. The molecule has 0 heterocycles. The molecule has 72 valence electrons. The maximum absolute atomic E-state index is 8.67. The number of aliphatic hydroxyl groups is 1. The first-order valence-electron chi connectivity index (χ1n) is 4.53. The normalized spacial score (nSPS) is 14.8. The third-order valence-corrected chi connectivity index (χ3v) is 2.87. The Bertz CT molecular complexity index is 132. The van der Waals surface area contributed by atoms with Crippen LogP contribution in [0, 0.1) is 5.92 Å². The summed E-state index contributed by atoms with van der Waals surface area (Å²) in [4.78, 5) is 0. The first-order valence-corrected chi connectivity index (χ1v) is 5.65. The highest BCUT2D eigenvalue weighted by Gasteiger charge is 1.98. The molecule has 0 radical (unpaired) electrons. The standard InChI is InChI=1S/C10H19BrO/c1-9(6-7-12)4-3-5-10(2)8-11/h5,9,12H,3-4,6-8H2,1-2H3. The predicted octanol–water partition coefficient (Wildman–Crippen LogP) is 3.13. The van der Waals surface area contributed by atoms with E-state index in [4.69, 9.17) is 5.11 Å². The Morgan fingerprint density at radius 2 is 2.17 bits per heavy atom. The SMILES string of the molecule is CC(=CCCC(C)CCO)CBr. The molecule has 0 aromatic heterocycles. The zero-order valence-electron chi connectivity index (χ0n) is 8.02. The first kappa shape index (κ1) is 12.2. The van der Waals surface area contributed by atoms with E-state index in [2.05, 4.69) is 35.9 Å². The number of hydrogen-bond acceptors (Lipinski definition) is 1. The summed E-state index contributed by atoms with van der Waals surface area (Å²) >= 11 is 3.40. The van der Waals surface area contributed by atoms with Gasteiger partial charge in [-0.1, -0.05) is 34.5 Å². The Labute approximate surface area is 84.0 Å². The van der Waals surface area contributed by atoms with Gasteiger partial charge in [0.15, 0.2) is 0 Å². The molecule has 2 heteroatoms. The summed E-state index contributed by atoms with van der Waals surface area (Å²) in [5, 5.41) is 9.64. The highest BCUT2D eigenvalue weighted by atomic mass is 79.9. The predicted molar refractivity (Wildman–Crippen MR) is 57.7 cm³/mol. The monoisotopic (exact) mass is 234 g/mol. The molecule has 0 saturated carbocycles. The van der Waals surface area contributed by atoms with Crippen molar-refractivity contribution in [3.05, 3.63) is 11.6 Å². The molecular weight excluding hydrogens is 216 g/mol. The first-order chi connectivity index (χ1) is 5.70. The third kappa shape index (κ3) is 6.86. The van der Waals surface area contributed by atoms with Gasteiger partial charge in [0, 0.05) is 11.9 Å². The van der Waals surface area contributed by atoms with Gasteiger partial charge in [0.05, 0.1) is 0 Å². The molecule has 0 rings (SSSR count). The number of halogens is 1. The van der Waals surface area contributed by atoms with Gasteiger partial charge in [-0.05, 0) is 32.1 Å². The van der Waals surface area contributed by atoms with Gasteiger partial charge in [-0.25, -0.2) is 0 Å². The van der Waals surface area contributed by atoms with Gasteiger partial charge in [0.1, 0.15) is 0 Å². The van der Waals surface area contributed by atoms with E-state index in [1.54, 1.807) is 0 Å². The molecule has 0 aliphatic rings. The van der Waals surface area contributed by atoms with Crippen molar-refractivity contribution in [2.24, 2.45) is 5.92 Å². The second-order valence-corrected chi connectivity index (χ2v) is 3.94. The zero-order valence-corrected chi connectivity index (χ0v) is 9.60. The van der Waals surface area contributed by atoms with Crippen LogP contribution < -0.4 is 0 Å². The lowest BCUT2D eigenvalue weighted by Crippen LogP contribution is -1.97. The van der Waals surface area contributed by atoms with E-state index >= 15 is 0 Å². The van der Waals surface area contributed by atoms with Gasteiger partial charge in [-0.3, -0.25) is 0 Å². The average Bonchev–Trinajstić information content (AvgIpc) is 2.04. The van der Waals surface area contributed by atoms with E-state index < -0.39 is 0 Å². The van der Waals surface area contributed by atoms with E-state index in [-0.39, 0.29) is 0 Å². The van der Waals surface area contributed by atoms with Crippen LogP contribution in [-0.4, -0.2) is 17.0 Å². The molecule has 0 aromatic rings. The number of alkyl halides is 1. The van der Waals surface area contributed by atoms with Crippen LogP contribution in [0.5, 0.6) is 0 Å². The molecular formula is C10H19BrO. The van der Waals surface area contributed by atoms with Crippen LogP contribution in [0.1, 0.15) is 33.1 Å². The van der Waals surface area contributed by atoms with E-state index in [1.165, 1.54) is 12.0 Å². The van der Waals surface area contributed by atoms with Crippen LogP contribution in [0.3, 0.4) is 0 Å². The molecule has 0 aromatic carbocycles. The minimum atomic E-state index is 0.322. The van der Waals surface area contributed by atoms with Gasteiger partial charge in [0.25, 0.3) is 0 Å². The van der Waals surface area contributed by atoms with Crippen molar-refractivity contribution in [2.45, 2.75) is 33.1 Å². The van der Waals surface area contributed by atoms with Crippen LogP contribution >= 0.6 is 15.9 Å². The largest absolute Gasteiger partial charge is 0.396 e. The Kier molecular flexibility index (Phi) is 7.93. The molecule has 0 aliphatic carbocycles. The number of allylic oxidation sites excluding steroid dienone is 2. The third-order valence-electron chi connectivity index (χ3n) is 1.98.